The molecule has 30 heavy (non-hydrogen) atoms. The molecule has 2 aromatic rings. The van der Waals surface area contributed by atoms with Crippen molar-refractivity contribution in [2.24, 2.45) is 0 Å². The average molecular weight is 411 g/mol. The molecule has 3 N–H and O–H groups in total. The summed E-state index contributed by atoms with van der Waals surface area (Å²) in [5.74, 6) is -2.04. The first-order valence-corrected chi connectivity index (χ1v) is 9.50. The summed E-state index contributed by atoms with van der Waals surface area (Å²) in [6.07, 6.45) is -1.33. The third kappa shape index (κ3) is 6.44. The molecule has 0 fully saturated rings. The van der Waals surface area contributed by atoms with Gasteiger partial charge in [-0.15, -0.1) is 0 Å². The fourth-order valence-corrected chi connectivity index (χ4v) is 2.59. The summed E-state index contributed by atoms with van der Waals surface area (Å²) < 4.78 is 5.26. The van der Waals surface area contributed by atoms with Crippen LogP contribution >= 0.6 is 0 Å². The van der Waals surface area contributed by atoms with E-state index in [0.717, 1.165) is 11.1 Å². The van der Waals surface area contributed by atoms with Crippen molar-refractivity contribution in [2.45, 2.75) is 26.9 Å². The predicted octanol–water partition coefficient (Wildman–Crippen LogP) is 2.16. The Balaban J connectivity index is 2.03. The Morgan fingerprint density at radius 2 is 1.63 bits per heavy atom. The number of urea groups is 1. The molecule has 0 aliphatic rings. The number of aryl methyl sites for hydroxylation is 2. The van der Waals surface area contributed by atoms with E-state index in [1.165, 1.54) is 0 Å². The molecule has 2 aromatic carbocycles. The Labute approximate surface area is 175 Å². The van der Waals surface area contributed by atoms with Crippen molar-refractivity contribution in [2.75, 3.05) is 13.1 Å². The van der Waals surface area contributed by atoms with Gasteiger partial charge in [0.1, 0.15) is 6.54 Å². The van der Waals surface area contributed by atoms with Gasteiger partial charge in [0.2, 0.25) is 6.10 Å². The topological polar surface area (TPSA) is 114 Å². The number of imide groups is 1. The first kappa shape index (κ1) is 22.6. The molecule has 1 atom stereocenters. The molecule has 0 heterocycles. The molecule has 0 saturated carbocycles. The number of amides is 4. The number of hydrogen-bond acceptors (Lipinski definition) is 5. The Hall–Kier alpha value is -3.68. The van der Waals surface area contributed by atoms with E-state index in [2.05, 4.69) is 16.0 Å². The second kappa shape index (κ2) is 10.8. The number of nitrogens with one attached hydrogen (secondary N) is 3. The van der Waals surface area contributed by atoms with Gasteiger partial charge in [-0.1, -0.05) is 36.4 Å². The van der Waals surface area contributed by atoms with Gasteiger partial charge in [-0.3, -0.25) is 19.7 Å². The standard InChI is InChI=1S/C22H25N3O5/c1-4-23-22(29)25-21(28)19(16-8-6-5-7-9-16)30-18(26)13-24-20(27)17-11-10-14(2)15(3)12-17/h5-12,19H,4,13H2,1-3H3,(H,24,27)(H2,23,25,28,29). The van der Waals surface area contributed by atoms with Gasteiger partial charge in [0.05, 0.1) is 0 Å². The summed E-state index contributed by atoms with van der Waals surface area (Å²) in [5.41, 5.74) is 2.82. The molecular formula is C22H25N3O5. The molecule has 8 heteroatoms. The van der Waals surface area contributed by atoms with Gasteiger partial charge in [-0.25, -0.2) is 4.79 Å². The van der Waals surface area contributed by atoms with Crippen LogP contribution < -0.4 is 16.0 Å². The molecule has 0 radical (unpaired) electrons. The van der Waals surface area contributed by atoms with Crippen molar-refractivity contribution in [1.29, 1.82) is 0 Å². The zero-order valence-electron chi connectivity index (χ0n) is 17.2. The summed E-state index contributed by atoms with van der Waals surface area (Å²) in [4.78, 5) is 48.7. The summed E-state index contributed by atoms with van der Waals surface area (Å²) in [6, 6.07) is 12.8. The third-order valence-electron chi connectivity index (χ3n) is 4.33. The SMILES string of the molecule is CCNC(=O)NC(=O)C(OC(=O)CNC(=O)c1ccc(C)c(C)c1)c1ccccc1. The van der Waals surface area contributed by atoms with Crippen LogP contribution in [0.3, 0.4) is 0 Å². The molecule has 1 unspecified atom stereocenters. The van der Waals surface area contributed by atoms with E-state index in [9.17, 15) is 19.2 Å². The molecule has 4 amide bonds. The van der Waals surface area contributed by atoms with Crippen LogP contribution in [-0.4, -0.2) is 36.9 Å². The normalized spacial score (nSPS) is 11.2. The number of ether oxygens (including phenoxy) is 1. The van der Waals surface area contributed by atoms with Crippen molar-refractivity contribution < 1.29 is 23.9 Å². The van der Waals surface area contributed by atoms with Crippen LogP contribution in [0.25, 0.3) is 0 Å². The van der Waals surface area contributed by atoms with E-state index in [0.29, 0.717) is 17.7 Å². The summed E-state index contributed by atoms with van der Waals surface area (Å²) >= 11 is 0. The zero-order valence-corrected chi connectivity index (χ0v) is 17.2. The number of carbonyl (C=O) groups excluding carboxylic acids is 4. The van der Waals surface area contributed by atoms with Crippen molar-refractivity contribution in [3.63, 3.8) is 0 Å². The van der Waals surface area contributed by atoms with Crippen LogP contribution in [0, 0.1) is 13.8 Å². The lowest BCUT2D eigenvalue weighted by molar-refractivity contribution is -0.155. The molecule has 0 aliphatic carbocycles. The second-order valence-corrected chi connectivity index (χ2v) is 6.61. The highest BCUT2D eigenvalue weighted by molar-refractivity contribution is 5.98. The van der Waals surface area contributed by atoms with Crippen LogP contribution in [0.5, 0.6) is 0 Å². The molecule has 0 spiro atoms. The van der Waals surface area contributed by atoms with E-state index in [1.54, 1.807) is 49.4 Å². The minimum atomic E-state index is -1.33. The van der Waals surface area contributed by atoms with E-state index >= 15 is 0 Å². The molecule has 0 aromatic heterocycles. The minimum Gasteiger partial charge on any atom is -0.446 e. The van der Waals surface area contributed by atoms with Crippen LogP contribution in [-0.2, 0) is 14.3 Å². The second-order valence-electron chi connectivity index (χ2n) is 6.61. The van der Waals surface area contributed by atoms with Crippen LogP contribution in [0.1, 0.15) is 40.1 Å². The van der Waals surface area contributed by atoms with Crippen LogP contribution in [0.2, 0.25) is 0 Å². The van der Waals surface area contributed by atoms with Crippen molar-refractivity contribution in [1.82, 2.24) is 16.0 Å². The number of benzene rings is 2. The maximum absolute atomic E-state index is 12.5. The van der Waals surface area contributed by atoms with Crippen LogP contribution in [0.4, 0.5) is 4.79 Å². The quantitative estimate of drug-likeness (QED) is 0.604. The fraction of sp³-hybridized carbons (Fsp3) is 0.273. The molecule has 8 nitrogen and oxygen atoms in total. The Morgan fingerprint density at radius 1 is 0.933 bits per heavy atom. The number of hydrogen-bond donors (Lipinski definition) is 3. The van der Waals surface area contributed by atoms with Crippen molar-refractivity contribution in [3.8, 4) is 0 Å². The number of esters is 1. The Morgan fingerprint density at radius 3 is 2.27 bits per heavy atom. The van der Waals surface area contributed by atoms with Gasteiger partial charge in [0.15, 0.2) is 0 Å². The van der Waals surface area contributed by atoms with Crippen LogP contribution in [0.15, 0.2) is 48.5 Å². The molecule has 158 valence electrons. The highest BCUT2D eigenvalue weighted by Crippen LogP contribution is 2.17. The largest absolute Gasteiger partial charge is 0.446 e. The first-order chi connectivity index (χ1) is 14.3. The Bertz CT molecular complexity index is 928. The molecular weight excluding hydrogens is 386 g/mol. The monoisotopic (exact) mass is 411 g/mol. The van der Waals surface area contributed by atoms with Gasteiger partial charge < -0.3 is 15.4 Å². The van der Waals surface area contributed by atoms with Crippen molar-refractivity contribution >= 4 is 23.8 Å². The molecule has 0 bridgehead atoms. The lowest BCUT2D eigenvalue weighted by Crippen LogP contribution is -2.43. The molecule has 0 saturated heterocycles. The molecule has 2 rings (SSSR count). The highest BCUT2D eigenvalue weighted by Gasteiger charge is 2.26. The fourth-order valence-electron chi connectivity index (χ4n) is 2.59. The smallest absolute Gasteiger partial charge is 0.326 e. The predicted molar refractivity (Wildman–Crippen MR) is 111 cm³/mol. The van der Waals surface area contributed by atoms with Crippen molar-refractivity contribution in [3.05, 3.63) is 70.8 Å². The zero-order chi connectivity index (χ0) is 22.1. The average Bonchev–Trinajstić information content (AvgIpc) is 2.72. The lowest BCUT2D eigenvalue weighted by Gasteiger charge is -2.18. The lowest BCUT2D eigenvalue weighted by atomic mass is 10.1. The molecule has 0 aliphatic heterocycles. The van der Waals surface area contributed by atoms with Gasteiger partial charge in [0, 0.05) is 17.7 Å². The van der Waals surface area contributed by atoms with Gasteiger partial charge in [0.25, 0.3) is 11.8 Å². The maximum atomic E-state index is 12.5. The summed E-state index contributed by atoms with van der Waals surface area (Å²) in [5, 5.41) is 7.05. The van der Waals surface area contributed by atoms with E-state index < -0.39 is 36.5 Å². The third-order valence-corrected chi connectivity index (χ3v) is 4.33. The van der Waals surface area contributed by atoms with E-state index in [-0.39, 0.29) is 0 Å². The summed E-state index contributed by atoms with van der Waals surface area (Å²) in [6.45, 7) is 5.43. The minimum absolute atomic E-state index is 0.333. The first-order valence-electron chi connectivity index (χ1n) is 9.50. The van der Waals surface area contributed by atoms with E-state index in [4.69, 9.17) is 4.74 Å². The van der Waals surface area contributed by atoms with Gasteiger partial charge in [-0.05, 0) is 44.0 Å². The van der Waals surface area contributed by atoms with Gasteiger partial charge in [-0.2, -0.15) is 0 Å². The number of carbonyl (C=O) groups is 4. The highest BCUT2D eigenvalue weighted by atomic mass is 16.5. The number of rotatable bonds is 7. The summed E-state index contributed by atoms with van der Waals surface area (Å²) in [7, 11) is 0. The van der Waals surface area contributed by atoms with E-state index in [1.807, 2.05) is 19.9 Å². The van der Waals surface area contributed by atoms with Gasteiger partial charge >= 0.3 is 12.0 Å². The Kier molecular flexibility index (Phi) is 8.10. The maximum Gasteiger partial charge on any atom is 0.326 e.